The van der Waals surface area contributed by atoms with Crippen molar-refractivity contribution in [1.82, 2.24) is 14.9 Å². The van der Waals surface area contributed by atoms with E-state index in [9.17, 15) is 4.79 Å². The van der Waals surface area contributed by atoms with Crippen molar-refractivity contribution in [2.45, 2.75) is 25.3 Å². The zero-order valence-corrected chi connectivity index (χ0v) is 16.3. The minimum absolute atomic E-state index is 0.159. The highest BCUT2D eigenvalue weighted by Crippen LogP contribution is 2.38. The van der Waals surface area contributed by atoms with E-state index in [1.165, 1.54) is 15.8 Å². The van der Waals surface area contributed by atoms with Gasteiger partial charge in [-0.15, -0.1) is 11.3 Å². The average Bonchev–Trinajstić information content (AvgIpc) is 3.39. The third kappa shape index (κ3) is 3.02. The second kappa shape index (κ2) is 7.24. The van der Waals surface area contributed by atoms with Crippen LogP contribution in [0.4, 0.5) is 0 Å². The molecule has 0 spiro atoms. The maximum absolute atomic E-state index is 13.2. The average molecular weight is 388 g/mol. The molecule has 0 radical (unpaired) electrons. The van der Waals surface area contributed by atoms with E-state index in [0.717, 1.165) is 36.3 Å². The van der Waals surface area contributed by atoms with Gasteiger partial charge in [0.05, 0.1) is 5.69 Å². The molecule has 5 heteroatoms. The van der Waals surface area contributed by atoms with Crippen LogP contribution >= 0.6 is 11.3 Å². The van der Waals surface area contributed by atoms with Gasteiger partial charge in [-0.2, -0.15) is 0 Å². The van der Waals surface area contributed by atoms with Gasteiger partial charge < -0.3 is 9.88 Å². The summed E-state index contributed by atoms with van der Waals surface area (Å²) in [4.78, 5) is 24.6. The number of H-pyrrole nitrogens is 1. The van der Waals surface area contributed by atoms with Crippen molar-refractivity contribution >= 4 is 28.1 Å². The van der Waals surface area contributed by atoms with Crippen LogP contribution in [0.3, 0.4) is 0 Å². The smallest absolute Gasteiger partial charge is 0.223 e. The lowest BCUT2D eigenvalue weighted by Gasteiger charge is -2.35. The number of aryl methyl sites for hydroxylation is 1. The monoisotopic (exact) mass is 387 g/mol. The number of fused-ring (bicyclic) bond motifs is 3. The molecule has 0 bridgehead atoms. The normalized spacial score (nSPS) is 16.3. The van der Waals surface area contributed by atoms with Crippen LogP contribution in [0.5, 0.6) is 0 Å². The molecular weight excluding hydrogens is 366 g/mol. The molecule has 1 aliphatic rings. The second-order valence-electron chi connectivity index (χ2n) is 7.14. The van der Waals surface area contributed by atoms with E-state index in [4.69, 9.17) is 0 Å². The van der Waals surface area contributed by atoms with Gasteiger partial charge in [0.2, 0.25) is 5.91 Å². The molecule has 1 aromatic carbocycles. The predicted molar refractivity (Wildman–Crippen MR) is 112 cm³/mol. The summed E-state index contributed by atoms with van der Waals surface area (Å²) in [6.45, 7) is 0.722. The molecule has 0 aliphatic carbocycles. The van der Waals surface area contributed by atoms with Crippen LogP contribution in [0.2, 0.25) is 0 Å². The van der Waals surface area contributed by atoms with Crippen LogP contribution in [0.15, 0.2) is 66.2 Å². The van der Waals surface area contributed by atoms with Gasteiger partial charge in [0.1, 0.15) is 6.04 Å². The summed E-state index contributed by atoms with van der Waals surface area (Å²) >= 11 is 1.71. The predicted octanol–water partition coefficient (Wildman–Crippen LogP) is 4.73. The van der Waals surface area contributed by atoms with Crippen LogP contribution in [0, 0.1) is 0 Å². The molecule has 3 aromatic heterocycles. The molecular formula is C23H21N3OS. The fourth-order valence-corrected chi connectivity index (χ4v) is 4.89. The number of pyridine rings is 1. The number of hydrogen-bond donors (Lipinski definition) is 1. The first-order valence-electron chi connectivity index (χ1n) is 9.63. The number of aromatic amines is 1. The van der Waals surface area contributed by atoms with Crippen LogP contribution in [0.1, 0.15) is 34.3 Å². The van der Waals surface area contributed by atoms with E-state index in [1.807, 2.05) is 35.2 Å². The molecule has 4 heterocycles. The number of rotatable bonds is 4. The molecule has 0 fully saturated rings. The highest BCUT2D eigenvalue weighted by Gasteiger charge is 2.34. The molecule has 140 valence electrons. The zero-order valence-electron chi connectivity index (χ0n) is 15.5. The first-order chi connectivity index (χ1) is 13.8. The summed E-state index contributed by atoms with van der Waals surface area (Å²) in [5.74, 6) is 0.188. The van der Waals surface area contributed by atoms with Crippen LogP contribution in [-0.4, -0.2) is 27.3 Å². The molecule has 4 aromatic rings. The van der Waals surface area contributed by atoms with Crippen molar-refractivity contribution in [3.63, 3.8) is 0 Å². The number of carbonyl (C=O) groups excluding carboxylic acids is 1. The lowest BCUT2D eigenvalue weighted by molar-refractivity contribution is -0.133. The summed E-state index contributed by atoms with van der Waals surface area (Å²) in [5.41, 5.74) is 4.46. The third-order valence-corrected chi connectivity index (χ3v) is 6.42. The molecule has 4 nitrogen and oxygen atoms in total. The Hall–Kier alpha value is -2.92. The molecule has 1 N–H and O–H groups in total. The Balaban J connectivity index is 1.53. The fraction of sp³-hybridized carbons (Fsp3) is 0.217. The zero-order chi connectivity index (χ0) is 18.9. The number of para-hydroxylation sites is 1. The third-order valence-electron chi connectivity index (χ3n) is 5.49. The Morgan fingerprint density at radius 1 is 1.14 bits per heavy atom. The Morgan fingerprint density at radius 2 is 2.04 bits per heavy atom. The molecule has 1 atom stereocenters. The summed E-state index contributed by atoms with van der Waals surface area (Å²) in [6.07, 6.45) is 3.99. The van der Waals surface area contributed by atoms with Gasteiger partial charge in [0.15, 0.2) is 0 Å². The minimum atomic E-state index is -0.159. The summed E-state index contributed by atoms with van der Waals surface area (Å²) in [6, 6.07) is 18.3. The lowest BCUT2D eigenvalue weighted by Crippen LogP contribution is -2.41. The van der Waals surface area contributed by atoms with Gasteiger partial charge in [0.25, 0.3) is 0 Å². The van der Waals surface area contributed by atoms with Gasteiger partial charge >= 0.3 is 0 Å². The van der Waals surface area contributed by atoms with Crippen molar-refractivity contribution in [2.75, 3.05) is 6.54 Å². The van der Waals surface area contributed by atoms with E-state index in [1.54, 1.807) is 17.5 Å². The van der Waals surface area contributed by atoms with E-state index in [-0.39, 0.29) is 11.9 Å². The first kappa shape index (κ1) is 17.2. The number of nitrogens with zero attached hydrogens (tertiary/aromatic N) is 2. The van der Waals surface area contributed by atoms with E-state index < -0.39 is 0 Å². The summed E-state index contributed by atoms with van der Waals surface area (Å²) in [5, 5.41) is 3.32. The number of nitrogens with one attached hydrogen (secondary N) is 1. The number of aromatic nitrogens is 2. The Morgan fingerprint density at radius 3 is 2.86 bits per heavy atom. The Bertz CT molecular complexity index is 1100. The van der Waals surface area contributed by atoms with Gasteiger partial charge in [-0.05, 0) is 48.1 Å². The van der Waals surface area contributed by atoms with E-state index >= 15 is 0 Å². The molecule has 1 unspecified atom stereocenters. The van der Waals surface area contributed by atoms with Crippen molar-refractivity contribution < 1.29 is 4.79 Å². The molecule has 0 saturated carbocycles. The highest BCUT2D eigenvalue weighted by atomic mass is 32.1. The van der Waals surface area contributed by atoms with Crippen LogP contribution < -0.4 is 0 Å². The van der Waals surface area contributed by atoms with Crippen molar-refractivity contribution in [3.05, 3.63) is 88.0 Å². The van der Waals surface area contributed by atoms with E-state index in [2.05, 4.69) is 39.6 Å². The maximum atomic E-state index is 13.2. The fourth-order valence-electron chi connectivity index (χ4n) is 4.18. The quantitative estimate of drug-likeness (QED) is 0.550. The van der Waals surface area contributed by atoms with Gasteiger partial charge in [-0.1, -0.05) is 30.3 Å². The van der Waals surface area contributed by atoms with Crippen LogP contribution in [-0.2, 0) is 17.6 Å². The van der Waals surface area contributed by atoms with E-state index in [0.29, 0.717) is 6.42 Å². The highest BCUT2D eigenvalue weighted by molar-refractivity contribution is 7.09. The topological polar surface area (TPSA) is 49.0 Å². The number of hydrogen-bond acceptors (Lipinski definition) is 3. The Labute approximate surface area is 167 Å². The van der Waals surface area contributed by atoms with Crippen molar-refractivity contribution in [2.24, 2.45) is 0 Å². The number of carbonyl (C=O) groups is 1. The molecule has 0 saturated heterocycles. The SMILES string of the molecule is O=C(CCc1cccs1)N1CCc2c([nH]c3ccccc23)C1c1ccccn1. The van der Waals surface area contributed by atoms with Gasteiger partial charge in [-0.3, -0.25) is 9.78 Å². The minimum Gasteiger partial charge on any atom is -0.356 e. The second-order valence-corrected chi connectivity index (χ2v) is 8.17. The summed E-state index contributed by atoms with van der Waals surface area (Å²) in [7, 11) is 0. The van der Waals surface area contributed by atoms with Crippen LogP contribution in [0.25, 0.3) is 10.9 Å². The van der Waals surface area contributed by atoms with Gasteiger partial charge in [0, 0.05) is 40.6 Å². The first-order valence-corrected chi connectivity index (χ1v) is 10.5. The number of benzene rings is 1. The molecule has 1 amide bonds. The molecule has 5 rings (SSSR count). The molecule has 1 aliphatic heterocycles. The summed E-state index contributed by atoms with van der Waals surface area (Å²) < 4.78 is 0. The largest absolute Gasteiger partial charge is 0.356 e. The van der Waals surface area contributed by atoms with Crippen molar-refractivity contribution in [1.29, 1.82) is 0 Å². The number of amides is 1. The lowest BCUT2D eigenvalue weighted by atomic mass is 9.94. The maximum Gasteiger partial charge on any atom is 0.223 e. The standard InChI is InChI=1S/C23H21N3OS/c27-21(11-10-16-6-5-15-28-16)26-14-12-18-17-7-1-2-8-19(17)25-22(18)23(26)20-9-3-4-13-24-20/h1-9,13,15,23,25H,10-12,14H2. The number of thiophene rings is 1. The Kier molecular flexibility index (Phi) is 4.45. The molecule has 28 heavy (non-hydrogen) atoms. The van der Waals surface area contributed by atoms with Crippen molar-refractivity contribution in [3.8, 4) is 0 Å². The van der Waals surface area contributed by atoms with Gasteiger partial charge in [-0.25, -0.2) is 0 Å².